The summed E-state index contributed by atoms with van der Waals surface area (Å²) in [5.74, 6) is 1.05. The zero-order valence-corrected chi connectivity index (χ0v) is 17.5. The molecule has 2 aliphatic carbocycles. The quantitative estimate of drug-likeness (QED) is 0.804. The molecule has 3 fully saturated rings. The Morgan fingerprint density at radius 3 is 2.36 bits per heavy atom. The predicted molar refractivity (Wildman–Crippen MR) is 114 cm³/mol. The lowest BCUT2D eigenvalue weighted by molar-refractivity contribution is -0.122. The third kappa shape index (κ3) is 4.06. The van der Waals surface area contributed by atoms with Gasteiger partial charge < -0.3 is 16.0 Å². The molecule has 2 amide bonds. The third-order valence-corrected chi connectivity index (χ3v) is 6.92. The number of carbonyl (C=O) groups is 2. The summed E-state index contributed by atoms with van der Waals surface area (Å²) >= 11 is 0. The highest BCUT2D eigenvalue weighted by atomic mass is 35.5. The van der Waals surface area contributed by atoms with Crippen LogP contribution in [0.2, 0.25) is 0 Å². The van der Waals surface area contributed by atoms with Gasteiger partial charge in [-0.15, -0.1) is 12.4 Å². The average Bonchev–Trinajstić information content (AvgIpc) is 3.16. The second-order valence-electron chi connectivity index (χ2n) is 8.68. The van der Waals surface area contributed by atoms with Crippen molar-refractivity contribution >= 4 is 29.9 Å². The van der Waals surface area contributed by atoms with Crippen LogP contribution in [0, 0.1) is 24.7 Å². The Bertz CT molecular complexity index is 718. The van der Waals surface area contributed by atoms with Crippen LogP contribution in [0.1, 0.15) is 60.9 Å². The van der Waals surface area contributed by atoms with Crippen molar-refractivity contribution in [2.45, 2.75) is 57.9 Å². The average molecular weight is 406 g/mol. The minimum absolute atomic E-state index is 0. The Kier molecular flexibility index (Phi) is 6.66. The van der Waals surface area contributed by atoms with E-state index in [1.54, 1.807) is 0 Å². The maximum atomic E-state index is 13.0. The molecule has 2 saturated carbocycles. The summed E-state index contributed by atoms with van der Waals surface area (Å²) in [6, 6.07) is 5.98. The van der Waals surface area contributed by atoms with Crippen LogP contribution >= 0.6 is 12.4 Å². The van der Waals surface area contributed by atoms with E-state index in [4.69, 9.17) is 5.73 Å². The number of halogens is 1. The molecule has 2 atom stereocenters. The fourth-order valence-electron chi connectivity index (χ4n) is 5.37. The van der Waals surface area contributed by atoms with Gasteiger partial charge in [-0.3, -0.25) is 9.59 Å². The number of fused-ring (bicyclic) bond motifs is 2. The van der Waals surface area contributed by atoms with Crippen LogP contribution in [0.25, 0.3) is 0 Å². The minimum atomic E-state index is 0. The standard InChI is InChI=1S/C22H31N3O2.ClH/c1-14-6-4-9-18(19(14)22(27)25-10-2-3-11-25)24-21(26)17-12-15-7-5-8-16(13-17)20(15)23;/h4,6,9,15-17,20H,2-3,5,7-8,10-13,23H2,1H3,(H,24,26);1H. The van der Waals surface area contributed by atoms with Gasteiger partial charge in [0.2, 0.25) is 5.91 Å². The van der Waals surface area contributed by atoms with Crippen LogP contribution in [0.15, 0.2) is 18.2 Å². The van der Waals surface area contributed by atoms with E-state index in [2.05, 4.69) is 5.32 Å². The molecule has 6 heteroatoms. The van der Waals surface area contributed by atoms with Gasteiger partial charge in [0.15, 0.2) is 0 Å². The van der Waals surface area contributed by atoms with Crippen LogP contribution in [0.4, 0.5) is 5.69 Å². The molecule has 5 nitrogen and oxygen atoms in total. The first kappa shape index (κ1) is 21.1. The van der Waals surface area contributed by atoms with Crippen molar-refractivity contribution in [3.8, 4) is 0 Å². The van der Waals surface area contributed by atoms with E-state index >= 15 is 0 Å². The van der Waals surface area contributed by atoms with E-state index in [-0.39, 0.29) is 36.2 Å². The second kappa shape index (κ2) is 8.83. The summed E-state index contributed by atoms with van der Waals surface area (Å²) in [5, 5.41) is 3.10. The normalized spacial score (nSPS) is 29.1. The summed E-state index contributed by atoms with van der Waals surface area (Å²) in [6.45, 7) is 3.57. The summed E-state index contributed by atoms with van der Waals surface area (Å²) in [6.07, 6.45) is 7.41. The van der Waals surface area contributed by atoms with Crippen LogP contribution in [-0.2, 0) is 4.79 Å². The Hall–Kier alpha value is -1.59. The van der Waals surface area contributed by atoms with Crippen molar-refractivity contribution in [2.75, 3.05) is 18.4 Å². The van der Waals surface area contributed by atoms with Gasteiger partial charge >= 0.3 is 0 Å². The van der Waals surface area contributed by atoms with Crippen LogP contribution in [0.3, 0.4) is 0 Å². The molecule has 1 saturated heterocycles. The molecule has 28 heavy (non-hydrogen) atoms. The first-order chi connectivity index (χ1) is 13.0. The number of hydrogen-bond donors (Lipinski definition) is 2. The second-order valence-corrected chi connectivity index (χ2v) is 8.68. The van der Waals surface area contributed by atoms with Crippen LogP contribution in [-0.4, -0.2) is 35.8 Å². The van der Waals surface area contributed by atoms with Gasteiger partial charge in [0.1, 0.15) is 0 Å². The number of benzene rings is 1. The fourth-order valence-corrected chi connectivity index (χ4v) is 5.37. The van der Waals surface area contributed by atoms with Crippen molar-refractivity contribution in [3.63, 3.8) is 0 Å². The number of nitrogens with one attached hydrogen (secondary N) is 1. The van der Waals surface area contributed by atoms with Crippen molar-refractivity contribution < 1.29 is 9.59 Å². The van der Waals surface area contributed by atoms with Crippen molar-refractivity contribution in [2.24, 2.45) is 23.5 Å². The first-order valence-corrected chi connectivity index (χ1v) is 10.5. The topological polar surface area (TPSA) is 75.4 Å². The van der Waals surface area contributed by atoms with Gasteiger partial charge in [-0.2, -0.15) is 0 Å². The van der Waals surface area contributed by atoms with Gasteiger partial charge in [-0.05, 0) is 68.9 Å². The zero-order valence-electron chi connectivity index (χ0n) is 16.7. The number of amides is 2. The highest BCUT2D eigenvalue weighted by molar-refractivity contribution is 6.05. The van der Waals surface area contributed by atoms with Gasteiger partial charge in [-0.1, -0.05) is 18.6 Å². The number of nitrogens with zero attached hydrogens (tertiary/aromatic N) is 1. The van der Waals surface area contributed by atoms with Gasteiger partial charge in [0.25, 0.3) is 5.91 Å². The number of likely N-dealkylation sites (tertiary alicyclic amines) is 1. The molecule has 0 radical (unpaired) electrons. The number of nitrogens with two attached hydrogens (primary N) is 1. The van der Waals surface area contributed by atoms with E-state index in [9.17, 15) is 9.59 Å². The van der Waals surface area contributed by atoms with Crippen molar-refractivity contribution in [1.82, 2.24) is 4.90 Å². The van der Waals surface area contributed by atoms with Gasteiger partial charge in [-0.25, -0.2) is 0 Å². The molecule has 1 heterocycles. The molecule has 4 rings (SSSR count). The number of anilines is 1. The Labute approximate surface area is 173 Å². The predicted octanol–water partition coefficient (Wildman–Crippen LogP) is 3.74. The summed E-state index contributed by atoms with van der Waals surface area (Å²) in [4.78, 5) is 27.9. The van der Waals surface area contributed by atoms with E-state index in [1.807, 2.05) is 30.0 Å². The summed E-state index contributed by atoms with van der Waals surface area (Å²) in [7, 11) is 0. The molecule has 2 unspecified atom stereocenters. The first-order valence-electron chi connectivity index (χ1n) is 10.5. The minimum Gasteiger partial charge on any atom is -0.339 e. The molecule has 1 aromatic rings. The molecular formula is C22H32ClN3O2. The summed E-state index contributed by atoms with van der Waals surface area (Å²) < 4.78 is 0. The van der Waals surface area contributed by atoms with Gasteiger partial charge in [0, 0.05) is 25.0 Å². The van der Waals surface area contributed by atoms with E-state index in [0.717, 1.165) is 57.2 Å². The molecule has 0 aromatic heterocycles. The highest BCUT2D eigenvalue weighted by Crippen LogP contribution is 2.42. The number of hydrogen-bond acceptors (Lipinski definition) is 3. The maximum absolute atomic E-state index is 13.0. The van der Waals surface area contributed by atoms with E-state index in [0.29, 0.717) is 23.1 Å². The molecular weight excluding hydrogens is 374 g/mol. The maximum Gasteiger partial charge on any atom is 0.256 e. The van der Waals surface area contributed by atoms with Crippen LogP contribution < -0.4 is 11.1 Å². The zero-order chi connectivity index (χ0) is 19.0. The largest absolute Gasteiger partial charge is 0.339 e. The lowest BCUT2D eigenvalue weighted by atomic mass is 9.65. The molecule has 3 N–H and O–H groups in total. The molecule has 2 bridgehead atoms. The molecule has 154 valence electrons. The monoisotopic (exact) mass is 405 g/mol. The van der Waals surface area contributed by atoms with E-state index in [1.165, 1.54) is 6.42 Å². The lowest BCUT2D eigenvalue weighted by Gasteiger charge is -2.43. The summed E-state index contributed by atoms with van der Waals surface area (Å²) in [5.41, 5.74) is 8.61. The van der Waals surface area contributed by atoms with Crippen molar-refractivity contribution in [3.05, 3.63) is 29.3 Å². The molecule has 3 aliphatic rings. The lowest BCUT2D eigenvalue weighted by Crippen LogP contribution is -2.48. The van der Waals surface area contributed by atoms with Crippen molar-refractivity contribution in [1.29, 1.82) is 0 Å². The Morgan fingerprint density at radius 2 is 1.71 bits per heavy atom. The highest BCUT2D eigenvalue weighted by Gasteiger charge is 2.40. The number of carbonyl (C=O) groups excluding carboxylic acids is 2. The Morgan fingerprint density at radius 1 is 1.07 bits per heavy atom. The fraction of sp³-hybridized carbons (Fsp3) is 0.636. The van der Waals surface area contributed by atoms with Gasteiger partial charge in [0.05, 0.1) is 11.3 Å². The SMILES string of the molecule is Cc1cccc(NC(=O)C2CC3CCCC(C2)C3N)c1C(=O)N1CCCC1.Cl. The number of rotatable bonds is 3. The third-order valence-electron chi connectivity index (χ3n) is 6.92. The smallest absolute Gasteiger partial charge is 0.256 e. The van der Waals surface area contributed by atoms with Crippen LogP contribution in [0.5, 0.6) is 0 Å². The Balaban J connectivity index is 0.00000225. The molecule has 0 spiro atoms. The van der Waals surface area contributed by atoms with E-state index < -0.39 is 0 Å². The molecule has 1 aliphatic heterocycles. The number of aryl methyl sites for hydroxylation is 1. The molecule has 1 aromatic carbocycles.